The van der Waals surface area contributed by atoms with Crippen molar-refractivity contribution in [1.29, 1.82) is 0 Å². The maximum absolute atomic E-state index is 5.73. The van der Waals surface area contributed by atoms with Crippen LogP contribution < -0.4 is 29.6 Å². The molecule has 2 aromatic carbocycles. The van der Waals surface area contributed by atoms with E-state index in [4.69, 9.17) is 42.1 Å². The van der Waals surface area contributed by atoms with Crippen LogP contribution in [-0.4, -0.2) is 48.4 Å². The number of ether oxygens (including phenoxy) is 4. The molecule has 0 saturated carbocycles. The molecule has 0 atom stereocenters. The number of aromatic nitrogens is 4. The summed E-state index contributed by atoms with van der Waals surface area (Å²) in [4.78, 5) is 15.8. The molecule has 4 rings (SSSR count). The fourth-order valence-corrected chi connectivity index (χ4v) is 3.57. The van der Waals surface area contributed by atoms with Gasteiger partial charge in [-0.1, -0.05) is 0 Å². The van der Waals surface area contributed by atoms with E-state index in [1.807, 2.05) is 36.4 Å². The van der Waals surface area contributed by atoms with Crippen LogP contribution in [0.4, 0.5) is 11.6 Å². The number of nitrogens with zero attached hydrogens (tertiary/aromatic N) is 4. The van der Waals surface area contributed by atoms with E-state index in [0.29, 0.717) is 24.7 Å². The minimum absolute atomic E-state index is 0.211. The van der Waals surface area contributed by atoms with Gasteiger partial charge in [-0.2, -0.15) is 0 Å². The molecule has 0 aliphatic heterocycles. The Hall–Kier alpha value is -4.02. The van der Waals surface area contributed by atoms with Gasteiger partial charge in [0.05, 0.1) is 28.4 Å². The molecule has 0 bridgehead atoms. The van der Waals surface area contributed by atoms with Crippen molar-refractivity contribution in [2.24, 2.45) is 0 Å². The molecule has 0 amide bonds. The molecule has 12 heteroatoms. The van der Waals surface area contributed by atoms with Gasteiger partial charge in [0, 0.05) is 36.6 Å². The van der Waals surface area contributed by atoms with E-state index in [1.54, 1.807) is 53.0 Å². The molecule has 0 fully saturated rings. The second-order valence-corrected chi connectivity index (χ2v) is 8.16. The van der Waals surface area contributed by atoms with Gasteiger partial charge in [0.1, 0.15) is 34.6 Å². The molecule has 0 aliphatic rings. The first kappa shape index (κ1) is 28.5. The lowest BCUT2D eigenvalue weighted by atomic mass is 10.2. The Morgan fingerprint density at radius 1 is 0.605 bits per heavy atom. The van der Waals surface area contributed by atoms with Crippen LogP contribution in [0.15, 0.2) is 60.9 Å². The molecule has 4 aromatic rings. The summed E-state index contributed by atoms with van der Waals surface area (Å²) >= 11 is 11.5. The highest BCUT2D eigenvalue weighted by atomic mass is 35.5. The van der Waals surface area contributed by atoms with Crippen LogP contribution in [0.3, 0.4) is 0 Å². The molecule has 2 N–H and O–H groups in total. The monoisotopic (exact) mass is 558 g/mol. The number of hydrogen-bond donors (Lipinski definition) is 2. The van der Waals surface area contributed by atoms with Gasteiger partial charge in [-0.15, -0.1) is 0 Å². The van der Waals surface area contributed by atoms with Gasteiger partial charge in [-0.05, 0) is 71.7 Å². The van der Waals surface area contributed by atoms with Crippen LogP contribution >= 0.6 is 23.2 Å². The Morgan fingerprint density at radius 2 is 1.03 bits per heavy atom. The normalized spacial score (nSPS) is 10.1. The average Bonchev–Trinajstić information content (AvgIpc) is 2.95. The highest BCUT2D eigenvalue weighted by Gasteiger charge is 2.07. The van der Waals surface area contributed by atoms with Gasteiger partial charge in [0.15, 0.2) is 0 Å². The van der Waals surface area contributed by atoms with Crippen molar-refractivity contribution in [3.63, 3.8) is 0 Å². The van der Waals surface area contributed by atoms with Gasteiger partial charge in [0.2, 0.25) is 10.6 Å². The molecule has 0 unspecified atom stereocenters. The molecule has 0 spiro atoms. The van der Waals surface area contributed by atoms with Gasteiger partial charge >= 0.3 is 0 Å². The summed E-state index contributed by atoms with van der Waals surface area (Å²) in [5.74, 6) is 4.44. The smallest absolute Gasteiger partial charge is 0.224 e. The lowest BCUT2D eigenvalue weighted by Gasteiger charge is -2.11. The fraction of sp³-hybridized carbons (Fsp3) is 0.231. The number of halogens is 2. The number of rotatable bonds is 10. The fourth-order valence-electron chi connectivity index (χ4n) is 3.28. The maximum Gasteiger partial charge on any atom is 0.224 e. The SMILES string of the molecule is COc1ccc(OC)c(CNc2ccnc(Cl)n2)c1.COc1ccc(OC)c(CNc2ccnc(Cl)n2)c1. The van der Waals surface area contributed by atoms with E-state index < -0.39 is 0 Å². The second kappa shape index (κ2) is 14.7. The molecule has 0 saturated heterocycles. The van der Waals surface area contributed by atoms with E-state index >= 15 is 0 Å². The molecule has 200 valence electrons. The van der Waals surface area contributed by atoms with Crippen molar-refractivity contribution in [3.05, 3.63) is 82.6 Å². The van der Waals surface area contributed by atoms with Crippen LogP contribution in [0.1, 0.15) is 11.1 Å². The third kappa shape index (κ3) is 8.53. The van der Waals surface area contributed by atoms with Crippen molar-refractivity contribution in [3.8, 4) is 23.0 Å². The van der Waals surface area contributed by atoms with Gasteiger partial charge in [-0.3, -0.25) is 0 Å². The zero-order chi connectivity index (χ0) is 27.3. The second-order valence-electron chi connectivity index (χ2n) is 7.48. The van der Waals surface area contributed by atoms with E-state index in [2.05, 4.69) is 30.6 Å². The summed E-state index contributed by atoms with van der Waals surface area (Å²) in [6, 6.07) is 14.7. The van der Waals surface area contributed by atoms with Crippen molar-refractivity contribution in [1.82, 2.24) is 19.9 Å². The highest BCUT2D eigenvalue weighted by Crippen LogP contribution is 2.25. The Kier molecular flexibility index (Phi) is 11.0. The Bertz CT molecular complexity index is 1230. The Labute approximate surface area is 231 Å². The zero-order valence-corrected chi connectivity index (χ0v) is 22.9. The minimum Gasteiger partial charge on any atom is -0.497 e. The predicted molar refractivity (Wildman–Crippen MR) is 148 cm³/mol. The number of benzene rings is 2. The third-order valence-corrected chi connectivity index (χ3v) is 5.51. The van der Waals surface area contributed by atoms with Crippen molar-refractivity contribution in [2.45, 2.75) is 13.1 Å². The molecular weight excluding hydrogens is 531 g/mol. The zero-order valence-electron chi connectivity index (χ0n) is 21.4. The minimum atomic E-state index is 0.211. The standard InChI is InChI=1S/2C13H14ClN3O2/c2*1-18-10-3-4-11(19-2)9(7-10)8-16-12-5-6-15-13(14)17-12/h2*3-7H,8H2,1-2H3,(H,15,16,17). The summed E-state index contributed by atoms with van der Waals surface area (Å²) in [5, 5.41) is 6.73. The van der Waals surface area contributed by atoms with Gasteiger partial charge in [-0.25, -0.2) is 19.9 Å². The Morgan fingerprint density at radius 3 is 1.37 bits per heavy atom. The van der Waals surface area contributed by atoms with Crippen LogP contribution in [-0.2, 0) is 13.1 Å². The number of nitrogens with one attached hydrogen (secondary N) is 2. The van der Waals surface area contributed by atoms with Crippen LogP contribution in [0, 0.1) is 0 Å². The maximum atomic E-state index is 5.73. The van der Waals surface area contributed by atoms with Crippen LogP contribution in [0.2, 0.25) is 10.6 Å². The summed E-state index contributed by atoms with van der Waals surface area (Å²) < 4.78 is 21.0. The summed E-state index contributed by atoms with van der Waals surface area (Å²) in [5.41, 5.74) is 1.94. The number of anilines is 2. The summed E-state index contributed by atoms with van der Waals surface area (Å²) in [6.45, 7) is 1.10. The quantitative estimate of drug-likeness (QED) is 0.241. The van der Waals surface area contributed by atoms with Crippen molar-refractivity contribution < 1.29 is 18.9 Å². The molecule has 2 heterocycles. The van der Waals surface area contributed by atoms with Gasteiger partial charge < -0.3 is 29.6 Å². The topological polar surface area (TPSA) is 113 Å². The van der Waals surface area contributed by atoms with E-state index in [9.17, 15) is 0 Å². The molecule has 38 heavy (non-hydrogen) atoms. The lowest BCUT2D eigenvalue weighted by molar-refractivity contribution is 0.399. The molecule has 0 aliphatic carbocycles. The molecule has 0 radical (unpaired) electrons. The summed E-state index contributed by atoms with van der Waals surface area (Å²) in [6.07, 6.45) is 3.20. The predicted octanol–water partition coefficient (Wildman–Crippen LogP) is 5.52. The van der Waals surface area contributed by atoms with Crippen molar-refractivity contribution in [2.75, 3.05) is 39.1 Å². The van der Waals surface area contributed by atoms with Crippen LogP contribution in [0.25, 0.3) is 0 Å². The largest absolute Gasteiger partial charge is 0.497 e. The molecule has 10 nitrogen and oxygen atoms in total. The highest BCUT2D eigenvalue weighted by molar-refractivity contribution is 6.28. The lowest BCUT2D eigenvalue weighted by Crippen LogP contribution is -2.04. The molecular formula is C26H28Cl2N6O4. The third-order valence-electron chi connectivity index (χ3n) is 5.15. The van der Waals surface area contributed by atoms with Crippen LogP contribution in [0.5, 0.6) is 23.0 Å². The number of methoxy groups -OCH3 is 4. The van der Waals surface area contributed by atoms with Gasteiger partial charge in [0.25, 0.3) is 0 Å². The van der Waals surface area contributed by atoms with E-state index in [-0.39, 0.29) is 10.6 Å². The Balaban J connectivity index is 0.000000211. The number of hydrogen-bond acceptors (Lipinski definition) is 10. The average molecular weight is 559 g/mol. The summed E-state index contributed by atoms with van der Waals surface area (Å²) in [7, 11) is 6.52. The van der Waals surface area contributed by atoms with Crippen molar-refractivity contribution >= 4 is 34.8 Å². The van der Waals surface area contributed by atoms with E-state index in [0.717, 1.165) is 34.1 Å². The first-order chi connectivity index (χ1) is 18.4. The first-order valence-electron chi connectivity index (χ1n) is 11.3. The molecule has 2 aromatic heterocycles. The van der Waals surface area contributed by atoms with E-state index in [1.165, 1.54) is 0 Å². The first-order valence-corrected chi connectivity index (χ1v) is 12.1.